The number of hydrogen-bond acceptors (Lipinski definition) is 0. The molecule has 0 N–H and O–H groups in total. The first-order chi connectivity index (χ1) is 19.7. The van der Waals surface area contributed by atoms with E-state index in [9.17, 15) is 0 Å². The lowest BCUT2D eigenvalue weighted by atomic mass is 9.85. The van der Waals surface area contributed by atoms with E-state index in [0.29, 0.717) is 0 Å². The summed E-state index contributed by atoms with van der Waals surface area (Å²) in [5.41, 5.74) is 9.67. The Morgan fingerprint density at radius 1 is 0.475 bits per heavy atom. The van der Waals surface area contributed by atoms with E-state index in [-0.39, 0.29) is 0 Å². The van der Waals surface area contributed by atoms with Crippen molar-refractivity contribution in [3.63, 3.8) is 0 Å². The topological polar surface area (TPSA) is 0 Å². The minimum absolute atomic E-state index is 1.14. The van der Waals surface area contributed by atoms with E-state index in [0.717, 1.165) is 11.1 Å². The van der Waals surface area contributed by atoms with Crippen LogP contribution in [0.5, 0.6) is 0 Å². The van der Waals surface area contributed by atoms with Gasteiger partial charge in [0.15, 0.2) is 0 Å². The van der Waals surface area contributed by atoms with Crippen LogP contribution in [0.2, 0.25) is 0 Å². The molecule has 0 radical (unpaired) electrons. The second-order valence-corrected chi connectivity index (χ2v) is 10.1. The van der Waals surface area contributed by atoms with Crippen molar-refractivity contribution in [2.75, 3.05) is 0 Å². The van der Waals surface area contributed by atoms with Crippen molar-refractivity contribution in [2.24, 2.45) is 0 Å². The van der Waals surface area contributed by atoms with E-state index >= 15 is 0 Å². The van der Waals surface area contributed by atoms with Gasteiger partial charge in [0, 0.05) is 0 Å². The number of allylic oxidation sites excluding steroid dienone is 6. The maximum atomic E-state index is 3.97. The van der Waals surface area contributed by atoms with Gasteiger partial charge in [-0.05, 0) is 103 Å². The molecular formula is C40H32. The third-order valence-electron chi connectivity index (χ3n) is 7.96. The fraction of sp³-hybridized carbons (Fsp3) is 0.0500. The van der Waals surface area contributed by atoms with Crippen molar-refractivity contribution in [3.05, 3.63) is 158 Å². The van der Waals surface area contributed by atoms with E-state index in [1.807, 2.05) is 12.2 Å². The Labute approximate surface area is 236 Å². The van der Waals surface area contributed by atoms with E-state index in [1.54, 1.807) is 0 Å². The van der Waals surface area contributed by atoms with Crippen LogP contribution in [0.15, 0.2) is 147 Å². The SMILES string of the molecule is C=C/C(=C\C)c1ccc(-c2c3ccccc3c(-c3ccc4cc(/C(C=C)=C/C)ccc4c3)c3ccccc23)cc1. The summed E-state index contributed by atoms with van der Waals surface area (Å²) in [6, 6.07) is 40.1. The number of hydrogen-bond donors (Lipinski definition) is 0. The average molecular weight is 513 g/mol. The molecule has 40 heavy (non-hydrogen) atoms. The maximum Gasteiger partial charge on any atom is -0.00262 e. The van der Waals surface area contributed by atoms with E-state index in [2.05, 4.69) is 148 Å². The summed E-state index contributed by atoms with van der Waals surface area (Å²) in [6.07, 6.45) is 8.04. The summed E-state index contributed by atoms with van der Waals surface area (Å²) < 4.78 is 0. The van der Waals surface area contributed by atoms with Crippen LogP contribution in [0, 0.1) is 0 Å². The van der Waals surface area contributed by atoms with Gasteiger partial charge in [-0.1, -0.05) is 135 Å². The maximum absolute atomic E-state index is 3.97. The molecule has 6 aromatic rings. The largest absolute Gasteiger partial charge is 0.0985 e. The first-order valence-corrected chi connectivity index (χ1v) is 13.8. The highest BCUT2D eigenvalue weighted by Gasteiger charge is 2.17. The van der Waals surface area contributed by atoms with Gasteiger partial charge >= 0.3 is 0 Å². The smallest absolute Gasteiger partial charge is 0.00262 e. The third kappa shape index (κ3) is 4.28. The predicted molar refractivity (Wildman–Crippen MR) is 178 cm³/mol. The average Bonchev–Trinajstić information content (AvgIpc) is 3.01. The molecule has 0 atom stereocenters. The van der Waals surface area contributed by atoms with Gasteiger partial charge in [-0.2, -0.15) is 0 Å². The highest BCUT2D eigenvalue weighted by atomic mass is 14.2. The van der Waals surface area contributed by atoms with Crippen LogP contribution in [0.1, 0.15) is 25.0 Å². The van der Waals surface area contributed by atoms with Gasteiger partial charge in [0.05, 0.1) is 0 Å². The van der Waals surface area contributed by atoms with Crippen LogP contribution in [0.3, 0.4) is 0 Å². The molecule has 0 aliphatic rings. The summed E-state index contributed by atoms with van der Waals surface area (Å²) in [5, 5.41) is 7.51. The summed E-state index contributed by atoms with van der Waals surface area (Å²) in [5.74, 6) is 0. The van der Waals surface area contributed by atoms with Crippen LogP contribution in [0.4, 0.5) is 0 Å². The second-order valence-electron chi connectivity index (χ2n) is 10.1. The van der Waals surface area contributed by atoms with Crippen molar-refractivity contribution in [1.82, 2.24) is 0 Å². The fourth-order valence-electron chi connectivity index (χ4n) is 5.97. The first kappa shape index (κ1) is 25.3. The Morgan fingerprint density at radius 3 is 1.43 bits per heavy atom. The lowest BCUT2D eigenvalue weighted by molar-refractivity contribution is 1.59. The molecular weight excluding hydrogens is 480 g/mol. The zero-order chi connectivity index (χ0) is 27.6. The molecule has 0 fully saturated rings. The standard InChI is InChI=1S/C40H32/c1-5-27(6-2)29-17-19-30(20-18-29)39-35-13-9-11-15-37(35)40(38-16-12-10-14-36(38)39)34-24-23-32-25-31(28(7-3)8-4)21-22-33(32)26-34/h5-26H,1,3H2,2,4H3/b27-6+,28-8+. The number of fused-ring (bicyclic) bond motifs is 3. The summed E-state index contributed by atoms with van der Waals surface area (Å²) >= 11 is 0. The minimum Gasteiger partial charge on any atom is -0.0985 e. The molecule has 0 aromatic heterocycles. The molecule has 0 unspecified atom stereocenters. The van der Waals surface area contributed by atoms with Crippen molar-refractivity contribution < 1.29 is 0 Å². The van der Waals surface area contributed by atoms with Gasteiger partial charge in [0.25, 0.3) is 0 Å². The molecule has 0 nitrogen and oxygen atoms in total. The van der Waals surface area contributed by atoms with Gasteiger partial charge < -0.3 is 0 Å². The lowest BCUT2D eigenvalue weighted by Crippen LogP contribution is -1.91. The molecule has 0 amide bonds. The van der Waals surface area contributed by atoms with Gasteiger partial charge in [-0.25, -0.2) is 0 Å². The molecule has 0 heterocycles. The van der Waals surface area contributed by atoms with Crippen molar-refractivity contribution in [2.45, 2.75) is 13.8 Å². The molecule has 0 saturated carbocycles. The molecule has 192 valence electrons. The summed E-state index contributed by atoms with van der Waals surface area (Å²) in [4.78, 5) is 0. The van der Waals surface area contributed by atoms with Gasteiger partial charge in [0.1, 0.15) is 0 Å². The number of rotatable bonds is 6. The molecule has 0 aliphatic carbocycles. The quantitative estimate of drug-likeness (QED) is 0.154. The fourth-order valence-corrected chi connectivity index (χ4v) is 5.97. The van der Waals surface area contributed by atoms with Crippen molar-refractivity contribution in [1.29, 1.82) is 0 Å². The Balaban J connectivity index is 1.59. The Hall–Kier alpha value is -4.94. The van der Waals surface area contributed by atoms with Crippen LogP contribution in [0.25, 0.3) is 65.7 Å². The highest BCUT2D eigenvalue weighted by Crippen LogP contribution is 2.44. The Morgan fingerprint density at radius 2 is 0.900 bits per heavy atom. The monoisotopic (exact) mass is 512 g/mol. The van der Waals surface area contributed by atoms with Crippen LogP contribution < -0.4 is 0 Å². The normalized spacial score (nSPS) is 12.2. The zero-order valence-electron chi connectivity index (χ0n) is 23.1. The van der Waals surface area contributed by atoms with Gasteiger partial charge in [-0.15, -0.1) is 0 Å². The highest BCUT2D eigenvalue weighted by molar-refractivity contribution is 6.21. The van der Waals surface area contributed by atoms with E-state index in [1.165, 1.54) is 65.7 Å². The van der Waals surface area contributed by atoms with Crippen LogP contribution in [-0.2, 0) is 0 Å². The van der Waals surface area contributed by atoms with Crippen molar-refractivity contribution in [3.8, 4) is 22.3 Å². The number of benzene rings is 6. The molecule has 6 rings (SSSR count). The molecule has 6 aromatic carbocycles. The predicted octanol–water partition coefficient (Wildman–Crippen LogP) is 11.7. The minimum atomic E-state index is 1.14. The zero-order valence-corrected chi connectivity index (χ0v) is 23.1. The second kappa shape index (κ2) is 10.7. The summed E-state index contributed by atoms with van der Waals surface area (Å²) in [7, 11) is 0. The Kier molecular flexibility index (Phi) is 6.76. The van der Waals surface area contributed by atoms with E-state index < -0.39 is 0 Å². The molecule has 0 aliphatic heterocycles. The third-order valence-corrected chi connectivity index (χ3v) is 7.96. The molecule has 0 spiro atoms. The van der Waals surface area contributed by atoms with Gasteiger partial charge in [0.2, 0.25) is 0 Å². The molecule has 0 heteroatoms. The van der Waals surface area contributed by atoms with E-state index in [4.69, 9.17) is 0 Å². The first-order valence-electron chi connectivity index (χ1n) is 13.8. The molecule has 0 bridgehead atoms. The van der Waals surface area contributed by atoms with Crippen LogP contribution in [-0.4, -0.2) is 0 Å². The van der Waals surface area contributed by atoms with Crippen molar-refractivity contribution >= 4 is 43.5 Å². The summed E-state index contributed by atoms with van der Waals surface area (Å²) in [6.45, 7) is 12.1. The lowest BCUT2D eigenvalue weighted by Gasteiger charge is -2.18. The Bertz CT molecular complexity index is 1920. The van der Waals surface area contributed by atoms with Crippen LogP contribution >= 0.6 is 0 Å². The molecule has 0 saturated heterocycles. The van der Waals surface area contributed by atoms with Gasteiger partial charge in [-0.3, -0.25) is 0 Å².